The van der Waals surface area contributed by atoms with Crippen molar-refractivity contribution in [1.82, 2.24) is 0 Å². The smallest absolute Gasteiger partial charge is 0.171 e. The molecule has 0 heterocycles. The first-order chi connectivity index (χ1) is 19.2. The molecule has 6 heteroatoms. The van der Waals surface area contributed by atoms with Crippen LogP contribution in [0, 0.1) is 11.8 Å². The van der Waals surface area contributed by atoms with Crippen molar-refractivity contribution in [2.75, 3.05) is 54.5 Å². The second-order valence-corrected chi connectivity index (χ2v) is 11.7. The van der Waals surface area contributed by atoms with Gasteiger partial charge in [-0.15, -0.1) is 0 Å². The van der Waals surface area contributed by atoms with Crippen LogP contribution in [-0.2, 0) is 0 Å². The van der Waals surface area contributed by atoms with Crippen LogP contribution in [0.25, 0.3) is 0 Å². The standard InChI is InChI=1S/C34H52N2O4/c1-7-9-23-39-31-19-15-27(16-20-31)33(37)29(25-35(3)4)13-11-12-14-30(26-36(5)6)34(38)28-17-21-32(22-18-28)40-24-10-8-2/h15-22,29-30H,7-14,23-26H2,1-6H3/p+2. The largest absolute Gasteiger partial charge is 0.494 e. The zero-order valence-electron chi connectivity index (χ0n) is 25.9. The molecule has 0 aromatic heterocycles. The van der Waals surface area contributed by atoms with Crippen molar-refractivity contribution in [3.8, 4) is 11.5 Å². The van der Waals surface area contributed by atoms with Crippen molar-refractivity contribution in [1.29, 1.82) is 0 Å². The predicted octanol–water partition coefficient (Wildman–Crippen LogP) is 4.19. The minimum absolute atomic E-state index is 0.0364. The number of hydrogen-bond donors (Lipinski definition) is 2. The lowest BCUT2D eigenvalue weighted by molar-refractivity contribution is -0.861. The first-order valence-corrected chi connectivity index (χ1v) is 15.4. The maximum Gasteiger partial charge on any atom is 0.171 e. The lowest BCUT2D eigenvalue weighted by Crippen LogP contribution is -3.06. The van der Waals surface area contributed by atoms with Gasteiger partial charge in [0.25, 0.3) is 0 Å². The summed E-state index contributed by atoms with van der Waals surface area (Å²) in [6.07, 6.45) is 7.76. The van der Waals surface area contributed by atoms with Crippen LogP contribution in [0.3, 0.4) is 0 Å². The molecule has 0 amide bonds. The molecule has 0 aliphatic carbocycles. The summed E-state index contributed by atoms with van der Waals surface area (Å²) in [6, 6.07) is 15.2. The molecule has 0 saturated heterocycles. The lowest BCUT2D eigenvalue weighted by atomic mass is 9.88. The summed E-state index contributed by atoms with van der Waals surface area (Å²) < 4.78 is 11.5. The van der Waals surface area contributed by atoms with Crippen molar-refractivity contribution in [3.63, 3.8) is 0 Å². The Kier molecular flexibility index (Phi) is 15.6. The van der Waals surface area contributed by atoms with E-state index in [4.69, 9.17) is 9.47 Å². The van der Waals surface area contributed by atoms with Gasteiger partial charge in [0.15, 0.2) is 11.6 Å². The molecule has 2 atom stereocenters. The molecule has 222 valence electrons. The Bertz CT molecular complexity index is 905. The van der Waals surface area contributed by atoms with Crippen molar-refractivity contribution < 1.29 is 28.9 Å². The van der Waals surface area contributed by atoms with Crippen LogP contribution in [0.2, 0.25) is 0 Å². The normalized spacial score (nSPS) is 12.9. The molecule has 0 aliphatic rings. The van der Waals surface area contributed by atoms with Crippen LogP contribution >= 0.6 is 0 Å². The number of Topliss-reactive ketones (excluding diaryl/α,β-unsaturated/α-hetero) is 2. The average Bonchev–Trinajstić information content (AvgIpc) is 2.94. The number of benzene rings is 2. The van der Waals surface area contributed by atoms with E-state index in [1.54, 1.807) is 0 Å². The van der Waals surface area contributed by atoms with E-state index in [-0.39, 0.29) is 23.4 Å². The van der Waals surface area contributed by atoms with Crippen molar-refractivity contribution in [3.05, 3.63) is 59.7 Å². The molecule has 0 fully saturated rings. The molecular weight excluding hydrogens is 500 g/mol. The topological polar surface area (TPSA) is 61.5 Å². The Morgan fingerprint density at radius 3 is 1.25 bits per heavy atom. The first kappa shape index (κ1) is 33.5. The molecule has 0 saturated carbocycles. The molecule has 2 N–H and O–H groups in total. The molecule has 0 bridgehead atoms. The highest BCUT2D eigenvalue weighted by atomic mass is 16.5. The van der Waals surface area contributed by atoms with Crippen LogP contribution in [0.15, 0.2) is 48.5 Å². The van der Waals surface area contributed by atoms with E-state index in [0.29, 0.717) is 13.2 Å². The molecule has 2 aromatic carbocycles. The highest BCUT2D eigenvalue weighted by molar-refractivity contribution is 5.98. The van der Waals surface area contributed by atoms with E-state index >= 15 is 0 Å². The van der Waals surface area contributed by atoms with Crippen LogP contribution < -0.4 is 19.3 Å². The van der Waals surface area contributed by atoms with Gasteiger partial charge in [0, 0.05) is 11.1 Å². The fourth-order valence-corrected chi connectivity index (χ4v) is 4.99. The number of ketones is 2. The summed E-state index contributed by atoms with van der Waals surface area (Å²) >= 11 is 0. The van der Waals surface area contributed by atoms with Gasteiger partial charge in [0.05, 0.1) is 66.3 Å². The summed E-state index contributed by atoms with van der Waals surface area (Å²) in [5, 5.41) is 0. The van der Waals surface area contributed by atoms with E-state index in [2.05, 4.69) is 42.0 Å². The zero-order valence-corrected chi connectivity index (χ0v) is 25.9. The van der Waals surface area contributed by atoms with Gasteiger partial charge in [-0.1, -0.05) is 39.5 Å². The number of nitrogens with one attached hydrogen (secondary N) is 2. The Morgan fingerprint density at radius 2 is 0.950 bits per heavy atom. The van der Waals surface area contributed by atoms with E-state index in [1.807, 2.05) is 48.5 Å². The highest BCUT2D eigenvalue weighted by Crippen LogP contribution is 2.22. The van der Waals surface area contributed by atoms with Crippen molar-refractivity contribution in [2.24, 2.45) is 11.8 Å². The molecule has 2 rings (SSSR count). The Balaban J connectivity index is 1.95. The summed E-state index contributed by atoms with van der Waals surface area (Å²) in [5.41, 5.74) is 1.50. The molecule has 0 spiro atoms. The maximum absolute atomic E-state index is 13.4. The lowest BCUT2D eigenvalue weighted by Gasteiger charge is -2.20. The van der Waals surface area contributed by atoms with Crippen LogP contribution in [-0.4, -0.2) is 66.1 Å². The SMILES string of the molecule is CCCCOc1ccc(C(=O)C(CCCCC(C[NH+](C)C)C(=O)c2ccc(OCCCC)cc2)C[NH+](C)C)cc1. The summed E-state index contributed by atoms with van der Waals surface area (Å²) in [5.74, 6) is 1.96. The fraction of sp³-hybridized carbons (Fsp3) is 0.588. The molecule has 6 nitrogen and oxygen atoms in total. The average molecular weight is 555 g/mol. The predicted molar refractivity (Wildman–Crippen MR) is 163 cm³/mol. The zero-order chi connectivity index (χ0) is 29.3. The third-order valence-electron chi connectivity index (χ3n) is 7.22. The van der Waals surface area contributed by atoms with Gasteiger partial charge >= 0.3 is 0 Å². The van der Waals surface area contributed by atoms with Gasteiger partial charge in [-0.05, 0) is 74.2 Å². The number of quaternary nitrogens is 2. The van der Waals surface area contributed by atoms with Gasteiger partial charge in [0.2, 0.25) is 0 Å². The van der Waals surface area contributed by atoms with Crippen molar-refractivity contribution in [2.45, 2.75) is 65.2 Å². The molecule has 0 aliphatic heterocycles. The van der Waals surface area contributed by atoms with Gasteiger partial charge in [-0.2, -0.15) is 0 Å². The quantitative estimate of drug-likeness (QED) is 0.179. The van der Waals surface area contributed by atoms with Crippen molar-refractivity contribution >= 4 is 11.6 Å². The Labute approximate surface area is 243 Å². The van der Waals surface area contributed by atoms with Crippen LogP contribution in [0.4, 0.5) is 0 Å². The van der Waals surface area contributed by atoms with E-state index in [1.165, 1.54) is 9.80 Å². The molecule has 40 heavy (non-hydrogen) atoms. The minimum Gasteiger partial charge on any atom is -0.494 e. The summed E-state index contributed by atoms with van der Waals surface area (Å²) in [4.78, 5) is 29.4. The third-order valence-corrected chi connectivity index (χ3v) is 7.22. The van der Waals surface area contributed by atoms with Crippen LogP contribution in [0.1, 0.15) is 85.9 Å². The highest BCUT2D eigenvalue weighted by Gasteiger charge is 2.25. The van der Waals surface area contributed by atoms with Gasteiger partial charge in [-0.25, -0.2) is 0 Å². The minimum atomic E-state index is -0.0364. The molecular formula is C34H54N2O4+2. The molecule has 0 radical (unpaired) electrons. The first-order valence-electron chi connectivity index (χ1n) is 15.4. The van der Waals surface area contributed by atoms with Gasteiger partial charge in [-0.3, -0.25) is 9.59 Å². The summed E-state index contributed by atoms with van der Waals surface area (Å²) in [6.45, 7) is 7.28. The number of hydrogen-bond acceptors (Lipinski definition) is 4. The van der Waals surface area contributed by atoms with Gasteiger partial charge in [0.1, 0.15) is 11.5 Å². The summed E-state index contributed by atoms with van der Waals surface area (Å²) in [7, 11) is 8.39. The van der Waals surface area contributed by atoms with Gasteiger partial charge < -0.3 is 19.3 Å². The third kappa shape index (κ3) is 12.2. The number of carbonyl (C=O) groups excluding carboxylic acids is 2. The fourth-order valence-electron chi connectivity index (χ4n) is 4.99. The molecule has 2 aromatic rings. The van der Waals surface area contributed by atoms with E-state index in [9.17, 15) is 9.59 Å². The van der Waals surface area contributed by atoms with E-state index in [0.717, 1.165) is 87.1 Å². The monoisotopic (exact) mass is 554 g/mol. The Morgan fingerprint density at radius 1 is 0.600 bits per heavy atom. The molecule has 2 unspecified atom stereocenters. The second-order valence-electron chi connectivity index (χ2n) is 11.7. The second kappa shape index (κ2) is 18.6. The van der Waals surface area contributed by atoms with Crippen LogP contribution in [0.5, 0.6) is 11.5 Å². The number of ether oxygens (including phenoxy) is 2. The number of rotatable bonds is 21. The van der Waals surface area contributed by atoms with E-state index < -0.39 is 0 Å². The number of unbranched alkanes of at least 4 members (excludes halogenated alkanes) is 3. The number of carbonyl (C=O) groups is 2. The Hall–Kier alpha value is -2.70. The maximum atomic E-state index is 13.4.